The van der Waals surface area contributed by atoms with Crippen molar-refractivity contribution in [1.29, 1.82) is 0 Å². The maximum atomic E-state index is 13.1. The van der Waals surface area contributed by atoms with Gasteiger partial charge in [-0.2, -0.15) is 12.2 Å². The summed E-state index contributed by atoms with van der Waals surface area (Å²) < 4.78 is 0. The molecule has 6 heteroatoms. The molecule has 0 atom stereocenters. The summed E-state index contributed by atoms with van der Waals surface area (Å²) in [5.41, 5.74) is 2.82. The first kappa shape index (κ1) is 47.5. The van der Waals surface area contributed by atoms with Crippen molar-refractivity contribution in [2.24, 2.45) is 0 Å². The van der Waals surface area contributed by atoms with Crippen LogP contribution in [0.5, 0.6) is 0 Å². The van der Waals surface area contributed by atoms with Crippen molar-refractivity contribution in [3.05, 3.63) is 312 Å². The van der Waals surface area contributed by atoms with Crippen molar-refractivity contribution in [1.82, 2.24) is 0 Å². The number of ketones is 2. The fourth-order valence-electron chi connectivity index (χ4n) is 7.57. The van der Waals surface area contributed by atoms with Crippen molar-refractivity contribution < 1.29 is 26.9 Å². The topological polar surface area (TPSA) is 34.1 Å². The summed E-state index contributed by atoms with van der Waals surface area (Å²) in [6.07, 6.45) is 6.24. The molecular weight excluding hydrogens is 953 g/mol. The standard InChI is InChI=1S/C24H14O2.2C18H15P.ClH.Rh/c25-23-19-13-7-8-14-20(19)24(26)22(16-18-11-5-2-6-12-18)21(23)15-17-9-3-1-4-10-17;2*1-4-10-16(11-5-1)19(17-12-6-2-7-13-17)18-14-8-3-9-15-18;;/h1-14H;2*1-15H;1H;/q-2;;;;+3/p+1. The van der Waals surface area contributed by atoms with Crippen LogP contribution in [0.25, 0.3) is 0 Å². The van der Waals surface area contributed by atoms with Gasteiger partial charge in [0.2, 0.25) is 0 Å². The Morgan fingerprint density at radius 2 is 0.455 bits per heavy atom. The number of carbonyl (C=O) groups excluding carboxylic acids is 2. The van der Waals surface area contributed by atoms with Crippen LogP contribution in [0.15, 0.2) is 278 Å². The molecule has 0 saturated carbocycles. The molecule has 0 saturated heterocycles. The van der Waals surface area contributed by atoms with E-state index in [1.54, 1.807) is 24.3 Å². The molecule has 1 aliphatic rings. The zero-order valence-corrected chi connectivity index (χ0v) is 40.3. The second kappa shape index (κ2) is 25.3. The van der Waals surface area contributed by atoms with Gasteiger partial charge in [0.15, 0.2) is 0 Å². The van der Waals surface area contributed by atoms with Crippen molar-refractivity contribution in [3.63, 3.8) is 0 Å². The number of rotatable bonds is 8. The van der Waals surface area contributed by atoms with Crippen LogP contribution < -0.4 is 31.8 Å². The van der Waals surface area contributed by atoms with Crippen LogP contribution in [0.3, 0.4) is 0 Å². The third-order valence-electron chi connectivity index (χ3n) is 10.6. The Balaban J connectivity index is 0.000000147. The van der Waals surface area contributed by atoms with Crippen LogP contribution in [0, 0.1) is 12.2 Å². The summed E-state index contributed by atoms with van der Waals surface area (Å²) in [6.45, 7) is 0. The van der Waals surface area contributed by atoms with Gasteiger partial charge in [-0.05, 0) is 83.9 Å². The third kappa shape index (κ3) is 12.7. The van der Waals surface area contributed by atoms with Gasteiger partial charge in [-0.1, -0.05) is 170 Å². The molecule has 0 N–H and O–H groups in total. The summed E-state index contributed by atoms with van der Waals surface area (Å²) in [7, 11) is 2.77. The third-order valence-corrected chi connectivity index (χ3v) is 16.0. The molecule has 0 spiro atoms. The van der Waals surface area contributed by atoms with Gasteiger partial charge in [0.1, 0.15) is 31.8 Å². The number of allylic oxidation sites excluding steroid dienone is 2. The summed E-state index contributed by atoms with van der Waals surface area (Å²) in [6, 6.07) is 90.6. The predicted octanol–water partition coefficient (Wildman–Crippen LogP) is 11.7. The van der Waals surface area contributed by atoms with E-state index >= 15 is 0 Å². The van der Waals surface area contributed by atoms with Gasteiger partial charge >= 0.3 is 27.0 Å². The second-order valence-electron chi connectivity index (χ2n) is 14.9. The van der Waals surface area contributed by atoms with Gasteiger partial charge in [-0.25, -0.2) is 0 Å². The Kier molecular flexibility index (Phi) is 18.2. The van der Waals surface area contributed by atoms with Gasteiger partial charge in [-0.3, -0.25) is 0 Å². The molecule has 0 bridgehead atoms. The molecule has 66 heavy (non-hydrogen) atoms. The van der Waals surface area contributed by atoms with E-state index in [1.807, 2.05) is 78.0 Å². The zero-order chi connectivity index (χ0) is 45.8. The van der Waals surface area contributed by atoms with Gasteiger partial charge < -0.3 is 9.59 Å². The van der Waals surface area contributed by atoms with Crippen molar-refractivity contribution in [2.45, 2.75) is 0 Å². The predicted molar refractivity (Wildman–Crippen MR) is 279 cm³/mol. The number of benzene rings is 9. The van der Waals surface area contributed by atoms with Crippen molar-refractivity contribution >= 4 is 68.9 Å². The van der Waals surface area contributed by atoms with E-state index in [1.165, 1.54) is 31.8 Å². The quantitative estimate of drug-likeness (QED) is 0.0658. The molecule has 0 unspecified atom stereocenters. The molecule has 9 aromatic rings. The molecular formula is C60H46ClO2P2Rh+2. The molecule has 0 amide bonds. The fraction of sp³-hybridized carbons (Fsp3) is 0. The normalized spacial score (nSPS) is 12.8. The molecule has 0 heterocycles. The molecule has 0 aromatic heterocycles. The fourth-order valence-corrected chi connectivity index (χ4v) is 12.7. The first-order valence-electron chi connectivity index (χ1n) is 21.4. The zero-order valence-electron chi connectivity index (χ0n) is 35.9. The maximum absolute atomic E-state index is 13.1. The van der Waals surface area contributed by atoms with Crippen LogP contribution in [0.4, 0.5) is 0 Å². The van der Waals surface area contributed by atoms with Crippen LogP contribution in [-0.4, -0.2) is 11.6 Å². The summed E-state index contributed by atoms with van der Waals surface area (Å²) in [4.78, 5) is 26.1. The maximum Gasteiger partial charge on any atom is 0.102 e. The number of carbonyl (C=O) groups is 2. The average Bonchev–Trinajstić information content (AvgIpc) is 3.40. The monoisotopic (exact) mass is 998 g/mol. The van der Waals surface area contributed by atoms with Crippen LogP contribution in [0.1, 0.15) is 31.8 Å². The van der Waals surface area contributed by atoms with E-state index in [4.69, 9.17) is 0 Å². The summed E-state index contributed by atoms with van der Waals surface area (Å²) in [5, 5.41) is 8.61. The molecule has 9 aromatic carbocycles. The first-order valence-corrected chi connectivity index (χ1v) is 26.5. The molecule has 0 radical (unpaired) electrons. The van der Waals surface area contributed by atoms with Gasteiger partial charge in [0, 0.05) is 0 Å². The van der Waals surface area contributed by atoms with Crippen LogP contribution in [0.2, 0.25) is 0 Å². The SMILES string of the molecule is O=C1C(=[C-]c2ccccc2)C(=[C-]c2ccccc2)C(=O)c2ccccc21.[Cl][Rh+2].c1ccc([PH+](c2ccccc2)c2ccccc2)cc1.c1ccc([PH+](c2ccccc2)c2ccccc2)cc1. The van der Waals surface area contributed by atoms with E-state index in [9.17, 15) is 9.59 Å². The Morgan fingerprint density at radius 3 is 0.667 bits per heavy atom. The average molecular weight is 999 g/mol. The van der Waals surface area contributed by atoms with E-state index in [0.717, 1.165) is 11.1 Å². The second-order valence-corrected chi connectivity index (χ2v) is 19.8. The van der Waals surface area contributed by atoms with E-state index in [-0.39, 0.29) is 22.7 Å². The number of halogens is 1. The smallest absolute Gasteiger partial charge is 0.0620 e. The van der Waals surface area contributed by atoms with Crippen molar-refractivity contribution in [2.75, 3.05) is 0 Å². The Bertz CT molecular complexity index is 2540. The Morgan fingerprint density at radius 1 is 0.273 bits per heavy atom. The minimum Gasteiger partial charge on any atom is -0.0620 e. The van der Waals surface area contributed by atoms with Gasteiger partial charge in [0.05, 0.1) is 27.4 Å². The first-order chi connectivity index (χ1) is 32.6. The molecule has 10 rings (SSSR count). The number of hydrogen-bond acceptors (Lipinski definition) is 2. The van der Waals surface area contributed by atoms with Crippen LogP contribution in [-0.2, 0) is 17.3 Å². The largest absolute Gasteiger partial charge is 0.102 e. The minimum absolute atomic E-state index is 0.206. The van der Waals surface area contributed by atoms with E-state index in [0.29, 0.717) is 11.1 Å². The van der Waals surface area contributed by atoms with Gasteiger partial charge in [0.25, 0.3) is 0 Å². The molecule has 322 valence electrons. The van der Waals surface area contributed by atoms with E-state index < -0.39 is 15.8 Å². The molecule has 0 fully saturated rings. The number of fused-ring (bicyclic) bond motifs is 1. The molecule has 0 aliphatic heterocycles. The molecule has 2 nitrogen and oxygen atoms in total. The summed E-state index contributed by atoms with van der Waals surface area (Å²) in [5.74, 6) is -0.412. The van der Waals surface area contributed by atoms with Crippen molar-refractivity contribution in [3.8, 4) is 0 Å². The summed E-state index contributed by atoms with van der Waals surface area (Å²) >= 11 is 2.02. The Labute approximate surface area is 405 Å². The number of hydrogen-bond donors (Lipinski definition) is 0. The number of Topliss-reactive ketones (excluding diaryl/α,β-unsaturated/α-hetero) is 2. The van der Waals surface area contributed by atoms with Crippen LogP contribution >= 0.6 is 25.5 Å². The van der Waals surface area contributed by atoms with E-state index in [2.05, 4.69) is 204 Å². The van der Waals surface area contributed by atoms with Gasteiger partial charge in [-0.15, -0.1) is 46.5 Å². The molecule has 1 aliphatic carbocycles. The Hall–Kier alpha value is -6.43. The minimum atomic E-state index is -0.877.